The highest BCUT2D eigenvalue weighted by Gasteiger charge is 2.21. The summed E-state index contributed by atoms with van der Waals surface area (Å²) in [7, 11) is 1.41. The summed E-state index contributed by atoms with van der Waals surface area (Å²) in [6, 6.07) is 12.6. The number of nitrogens with zero attached hydrogens (tertiary/aromatic N) is 1. The van der Waals surface area contributed by atoms with Crippen molar-refractivity contribution < 1.29 is 14.5 Å². The first-order valence-corrected chi connectivity index (χ1v) is 5.55. The largest absolute Gasteiger partial charge is 0.497 e. The van der Waals surface area contributed by atoms with Crippen molar-refractivity contribution in [1.29, 1.82) is 0 Å². The van der Waals surface area contributed by atoms with Crippen molar-refractivity contribution in [3.8, 4) is 5.75 Å². The molecule has 19 heavy (non-hydrogen) atoms. The quantitative estimate of drug-likeness (QED) is 0.479. The van der Waals surface area contributed by atoms with Gasteiger partial charge in [0.25, 0.3) is 5.69 Å². The molecule has 0 saturated carbocycles. The van der Waals surface area contributed by atoms with Gasteiger partial charge < -0.3 is 4.74 Å². The van der Waals surface area contributed by atoms with Gasteiger partial charge in [-0.15, -0.1) is 0 Å². The molecule has 0 aliphatic carbocycles. The van der Waals surface area contributed by atoms with Crippen LogP contribution in [0.1, 0.15) is 15.9 Å². The van der Waals surface area contributed by atoms with Crippen molar-refractivity contribution in [2.24, 2.45) is 0 Å². The molecule has 0 fully saturated rings. The van der Waals surface area contributed by atoms with Gasteiger partial charge in [-0.3, -0.25) is 14.9 Å². The molecule has 0 unspecified atom stereocenters. The monoisotopic (exact) mass is 257 g/mol. The number of hydrogen-bond acceptors (Lipinski definition) is 4. The molecule has 0 saturated heterocycles. The van der Waals surface area contributed by atoms with E-state index in [4.69, 9.17) is 4.74 Å². The van der Waals surface area contributed by atoms with Crippen LogP contribution < -0.4 is 4.74 Å². The van der Waals surface area contributed by atoms with Gasteiger partial charge in [0.15, 0.2) is 5.78 Å². The Balaban J connectivity index is 2.50. The van der Waals surface area contributed by atoms with E-state index in [0.717, 1.165) is 0 Å². The Morgan fingerprint density at radius 3 is 2.42 bits per heavy atom. The molecular formula is C14H11NO4. The van der Waals surface area contributed by atoms with Crippen LogP contribution in [0.15, 0.2) is 48.5 Å². The lowest BCUT2D eigenvalue weighted by Gasteiger charge is -2.04. The van der Waals surface area contributed by atoms with Gasteiger partial charge >= 0.3 is 0 Å². The number of rotatable bonds is 4. The van der Waals surface area contributed by atoms with Crippen LogP contribution in [0.25, 0.3) is 0 Å². The van der Waals surface area contributed by atoms with E-state index in [0.29, 0.717) is 11.3 Å². The smallest absolute Gasteiger partial charge is 0.284 e. The van der Waals surface area contributed by atoms with Gasteiger partial charge in [-0.05, 0) is 12.1 Å². The predicted molar refractivity (Wildman–Crippen MR) is 69.5 cm³/mol. The van der Waals surface area contributed by atoms with Crippen LogP contribution in [-0.4, -0.2) is 17.8 Å². The normalized spacial score (nSPS) is 9.95. The fourth-order valence-corrected chi connectivity index (χ4v) is 1.73. The van der Waals surface area contributed by atoms with E-state index in [9.17, 15) is 14.9 Å². The molecule has 96 valence electrons. The van der Waals surface area contributed by atoms with Gasteiger partial charge in [-0.2, -0.15) is 0 Å². The standard InChI is InChI=1S/C14H11NO4/c1-19-11-7-8-12(13(9-11)15(17)18)14(16)10-5-3-2-4-6-10/h2-9H,1H3. The van der Waals surface area contributed by atoms with Crippen molar-refractivity contribution in [2.45, 2.75) is 0 Å². The Kier molecular flexibility index (Phi) is 3.56. The van der Waals surface area contributed by atoms with Crippen molar-refractivity contribution in [1.82, 2.24) is 0 Å². The second kappa shape index (κ2) is 5.30. The average Bonchev–Trinajstić information content (AvgIpc) is 2.46. The molecule has 0 atom stereocenters. The predicted octanol–water partition coefficient (Wildman–Crippen LogP) is 2.83. The second-order valence-electron chi connectivity index (χ2n) is 3.84. The molecule has 5 heteroatoms. The lowest BCUT2D eigenvalue weighted by molar-refractivity contribution is -0.385. The number of nitro benzene ring substituents is 1. The number of methoxy groups -OCH3 is 1. The maximum Gasteiger partial charge on any atom is 0.284 e. The SMILES string of the molecule is COc1ccc(C(=O)c2ccccc2)c([N+](=O)[O-])c1. The lowest BCUT2D eigenvalue weighted by Crippen LogP contribution is -2.05. The number of hydrogen-bond donors (Lipinski definition) is 0. The molecule has 0 N–H and O–H groups in total. The summed E-state index contributed by atoms with van der Waals surface area (Å²) in [4.78, 5) is 22.7. The Morgan fingerprint density at radius 1 is 1.16 bits per heavy atom. The van der Waals surface area contributed by atoms with Crippen LogP contribution in [0.3, 0.4) is 0 Å². The first-order chi connectivity index (χ1) is 9.13. The summed E-state index contributed by atoms with van der Waals surface area (Å²) < 4.78 is 4.93. The molecule has 5 nitrogen and oxygen atoms in total. The number of carbonyl (C=O) groups excluding carboxylic acids is 1. The van der Waals surface area contributed by atoms with E-state index in [1.54, 1.807) is 30.3 Å². The Hall–Kier alpha value is -2.69. The average molecular weight is 257 g/mol. The Labute approximate surface area is 109 Å². The Bertz CT molecular complexity index is 623. The third kappa shape index (κ3) is 2.60. The summed E-state index contributed by atoms with van der Waals surface area (Å²) in [5.74, 6) is -0.0359. The minimum Gasteiger partial charge on any atom is -0.497 e. The highest BCUT2D eigenvalue weighted by molar-refractivity contribution is 6.11. The first-order valence-electron chi connectivity index (χ1n) is 5.55. The van der Waals surface area contributed by atoms with Crippen molar-refractivity contribution in [3.05, 3.63) is 69.8 Å². The van der Waals surface area contributed by atoms with Crippen LogP contribution in [0, 0.1) is 10.1 Å². The third-order valence-corrected chi connectivity index (χ3v) is 2.68. The molecule has 0 amide bonds. The maximum atomic E-state index is 12.2. The molecule has 2 aromatic rings. The number of benzene rings is 2. The maximum absolute atomic E-state index is 12.2. The molecule has 0 bridgehead atoms. The van der Waals surface area contributed by atoms with Crippen molar-refractivity contribution >= 4 is 11.5 Å². The lowest BCUT2D eigenvalue weighted by atomic mass is 10.0. The summed E-state index contributed by atoms with van der Waals surface area (Å²) in [6.07, 6.45) is 0. The summed E-state index contributed by atoms with van der Waals surface area (Å²) in [6.45, 7) is 0. The van der Waals surface area contributed by atoms with Crippen LogP contribution in [0.4, 0.5) is 5.69 Å². The van der Waals surface area contributed by atoms with E-state index in [1.807, 2.05) is 0 Å². The molecule has 0 aromatic heterocycles. The molecule has 0 heterocycles. The molecule has 0 aliphatic rings. The van der Waals surface area contributed by atoms with Crippen LogP contribution in [0.2, 0.25) is 0 Å². The van der Waals surface area contributed by atoms with Gasteiger partial charge in [-0.1, -0.05) is 30.3 Å². The fourth-order valence-electron chi connectivity index (χ4n) is 1.73. The summed E-state index contributed by atoms with van der Waals surface area (Å²) in [5.41, 5.74) is 0.209. The molecule has 2 aromatic carbocycles. The number of carbonyl (C=O) groups is 1. The zero-order valence-electron chi connectivity index (χ0n) is 10.2. The van der Waals surface area contributed by atoms with Gasteiger partial charge in [-0.25, -0.2) is 0 Å². The van der Waals surface area contributed by atoms with Crippen LogP contribution >= 0.6 is 0 Å². The van der Waals surface area contributed by atoms with E-state index in [1.165, 1.54) is 25.3 Å². The topological polar surface area (TPSA) is 69.4 Å². The van der Waals surface area contributed by atoms with Gasteiger partial charge in [0, 0.05) is 5.56 Å². The van der Waals surface area contributed by atoms with Gasteiger partial charge in [0.05, 0.1) is 18.1 Å². The molecule has 0 aliphatic heterocycles. The van der Waals surface area contributed by atoms with Crippen LogP contribution in [0.5, 0.6) is 5.75 Å². The molecular weight excluding hydrogens is 246 g/mol. The second-order valence-corrected chi connectivity index (χ2v) is 3.84. The third-order valence-electron chi connectivity index (χ3n) is 2.68. The minimum atomic E-state index is -0.585. The summed E-state index contributed by atoms with van der Waals surface area (Å²) in [5, 5.41) is 11.0. The molecule has 0 spiro atoms. The molecule has 0 radical (unpaired) electrons. The minimum absolute atomic E-state index is 0.0528. The number of ketones is 1. The highest BCUT2D eigenvalue weighted by atomic mass is 16.6. The van der Waals surface area contributed by atoms with E-state index >= 15 is 0 Å². The fraction of sp³-hybridized carbons (Fsp3) is 0.0714. The Morgan fingerprint density at radius 2 is 1.84 bits per heavy atom. The summed E-state index contributed by atoms with van der Waals surface area (Å²) >= 11 is 0. The number of nitro groups is 1. The first kappa shape index (κ1) is 12.8. The zero-order valence-corrected chi connectivity index (χ0v) is 10.2. The molecule has 2 rings (SSSR count). The van der Waals surface area contributed by atoms with Gasteiger partial charge in [0.2, 0.25) is 0 Å². The number of ether oxygens (including phenoxy) is 1. The van der Waals surface area contributed by atoms with Crippen LogP contribution in [-0.2, 0) is 0 Å². The van der Waals surface area contributed by atoms with E-state index in [-0.39, 0.29) is 17.0 Å². The zero-order chi connectivity index (χ0) is 13.8. The highest BCUT2D eigenvalue weighted by Crippen LogP contribution is 2.26. The van der Waals surface area contributed by atoms with Crippen molar-refractivity contribution in [2.75, 3.05) is 7.11 Å². The van der Waals surface area contributed by atoms with Crippen molar-refractivity contribution in [3.63, 3.8) is 0 Å². The van der Waals surface area contributed by atoms with Gasteiger partial charge in [0.1, 0.15) is 11.3 Å². The van der Waals surface area contributed by atoms with E-state index < -0.39 is 4.92 Å². The van der Waals surface area contributed by atoms with E-state index in [2.05, 4.69) is 0 Å².